The fourth-order valence-electron chi connectivity index (χ4n) is 3.29. The second kappa shape index (κ2) is 5.28. The molecular weight excluding hydrogens is 274 g/mol. The fourth-order valence-corrected chi connectivity index (χ4v) is 4.36. The molecule has 1 nitrogen and oxygen atoms in total. The number of aryl methyl sites for hydroxylation is 2. The van der Waals surface area contributed by atoms with Crippen LogP contribution in [0.15, 0.2) is 48.5 Å². The van der Waals surface area contributed by atoms with Crippen LogP contribution in [0.25, 0.3) is 10.1 Å². The molecule has 4 rings (SSSR count). The van der Waals surface area contributed by atoms with Crippen LogP contribution in [0.3, 0.4) is 0 Å². The van der Waals surface area contributed by atoms with Gasteiger partial charge in [0.2, 0.25) is 0 Å². The minimum Gasteiger partial charge on any atom is -0.323 e. The summed E-state index contributed by atoms with van der Waals surface area (Å²) in [6, 6.07) is 17.8. The average molecular weight is 293 g/mol. The highest BCUT2D eigenvalue weighted by Gasteiger charge is 2.14. The predicted molar refractivity (Wildman–Crippen MR) is 90.9 cm³/mol. The Bertz CT molecular complexity index is 754. The van der Waals surface area contributed by atoms with Crippen molar-refractivity contribution in [2.45, 2.75) is 31.7 Å². The van der Waals surface area contributed by atoms with Crippen molar-refractivity contribution in [2.75, 3.05) is 0 Å². The van der Waals surface area contributed by atoms with Crippen molar-refractivity contribution >= 4 is 21.4 Å². The van der Waals surface area contributed by atoms with Crippen LogP contribution in [0.5, 0.6) is 0 Å². The maximum Gasteiger partial charge on any atom is 0.0431 e. The van der Waals surface area contributed by atoms with Gasteiger partial charge in [-0.05, 0) is 59.9 Å². The maximum absolute atomic E-state index is 6.45. The zero-order valence-corrected chi connectivity index (χ0v) is 12.8. The van der Waals surface area contributed by atoms with Gasteiger partial charge in [0.15, 0.2) is 0 Å². The number of thiophene rings is 1. The van der Waals surface area contributed by atoms with Crippen LogP contribution < -0.4 is 5.73 Å². The van der Waals surface area contributed by atoms with Crippen LogP contribution >= 0.6 is 11.3 Å². The molecule has 1 heterocycles. The topological polar surface area (TPSA) is 26.0 Å². The lowest BCUT2D eigenvalue weighted by atomic mass is 10.0. The molecule has 106 valence electrons. The largest absolute Gasteiger partial charge is 0.323 e. The summed E-state index contributed by atoms with van der Waals surface area (Å²) in [6.45, 7) is 0. The lowest BCUT2D eigenvalue weighted by Crippen LogP contribution is -2.11. The van der Waals surface area contributed by atoms with Gasteiger partial charge in [0.25, 0.3) is 0 Å². The molecule has 0 bridgehead atoms. The lowest BCUT2D eigenvalue weighted by molar-refractivity contribution is 0.736. The van der Waals surface area contributed by atoms with Crippen LogP contribution in [0, 0.1) is 0 Å². The van der Waals surface area contributed by atoms with E-state index in [1.807, 2.05) is 11.3 Å². The van der Waals surface area contributed by atoms with E-state index in [1.165, 1.54) is 50.9 Å². The van der Waals surface area contributed by atoms with Crippen LogP contribution in [-0.4, -0.2) is 0 Å². The third kappa shape index (κ3) is 2.50. The van der Waals surface area contributed by atoms with Gasteiger partial charge in [-0.3, -0.25) is 0 Å². The van der Waals surface area contributed by atoms with Crippen molar-refractivity contribution in [3.8, 4) is 0 Å². The molecule has 0 spiro atoms. The Hall–Kier alpha value is -1.64. The van der Waals surface area contributed by atoms with E-state index >= 15 is 0 Å². The van der Waals surface area contributed by atoms with Crippen LogP contribution in [0.2, 0.25) is 0 Å². The van der Waals surface area contributed by atoms with Gasteiger partial charge in [-0.15, -0.1) is 11.3 Å². The average Bonchev–Trinajstić information content (AvgIpc) is 3.13. The summed E-state index contributed by atoms with van der Waals surface area (Å²) < 4.78 is 1.33. The standard InChI is InChI=1S/C19H19NS/c20-17(19-12-16-4-1-2-7-18(16)21-19)11-13-8-9-14-5-3-6-15(14)10-13/h1-2,4,7-10,12,17H,3,5-6,11,20H2. The molecule has 1 aliphatic carbocycles. The second-order valence-electron chi connectivity index (χ2n) is 5.95. The fraction of sp³-hybridized carbons (Fsp3) is 0.263. The molecular formula is C19H19NS. The Morgan fingerprint density at radius 3 is 2.76 bits per heavy atom. The molecule has 0 amide bonds. The van der Waals surface area contributed by atoms with Gasteiger partial charge in [0.1, 0.15) is 0 Å². The first kappa shape index (κ1) is 13.1. The molecule has 1 aliphatic rings. The monoisotopic (exact) mass is 293 g/mol. The van der Waals surface area contributed by atoms with Gasteiger partial charge in [-0.2, -0.15) is 0 Å². The number of fused-ring (bicyclic) bond motifs is 2. The zero-order chi connectivity index (χ0) is 14.2. The second-order valence-corrected chi connectivity index (χ2v) is 7.07. The van der Waals surface area contributed by atoms with Gasteiger partial charge < -0.3 is 5.73 Å². The molecule has 1 unspecified atom stereocenters. The highest BCUT2D eigenvalue weighted by Crippen LogP contribution is 2.31. The highest BCUT2D eigenvalue weighted by molar-refractivity contribution is 7.19. The van der Waals surface area contributed by atoms with E-state index in [0.29, 0.717) is 0 Å². The third-order valence-electron chi connectivity index (χ3n) is 4.43. The molecule has 1 atom stereocenters. The highest BCUT2D eigenvalue weighted by atomic mass is 32.1. The van der Waals surface area contributed by atoms with E-state index in [9.17, 15) is 0 Å². The van der Waals surface area contributed by atoms with E-state index in [2.05, 4.69) is 48.5 Å². The number of hydrogen-bond donors (Lipinski definition) is 1. The number of rotatable bonds is 3. The Labute approximate surface area is 129 Å². The Morgan fingerprint density at radius 2 is 1.86 bits per heavy atom. The Balaban J connectivity index is 1.58. The van der Waals surface area contributed by atoms with Crippen molar-refractivity contribution in [3.63, 3.8) is 0 Å². The van der Waals surface area contributed by atoms with Crippen LogP contribution in [0.1, 0.15) is 34.0 Å². The van der Waals surface area contributed by atoms with Gasteiger partial charge in [0.05, 0.1) is 0 Å². The van der Waals surface area contributed by atoms with Crippen molar-refractivity contribution < 1.29 is 0 Å². The molecule has 2 aromatic carbocycles. The SMILES string of the molecule is NC(Cc1ccc2c(c1)CCC2)c1cc2ccccc2s1. The van der Waals surface area contributed by atoms with Gasteiger partial charge in [-0.25, -0.2) is 0 Å². The summed E-state index contributed by atoms with van der Waals surface area (Å²) in [6.07, 6.45) is 4.72. The molecule has 3 aromatic rings. The van der Waals surface area contributed by atoms with Crippen LogP contribution in [-0.2, 0) is 19.3 Å². The quantitative estimate of drug-likeness (QED) is 0.748. The molecule has 0 aliphatic heterocycles. The first-order valence-corrected chi connectivity index (χ1v) is 8.46. The van der Waals surface area contributed by atoms with E-state index in [0.717, 1.165) is 6.42 Å². The normalized spacial score (nSPS) is 15.3. The first-order chi connectivity index (χ1) is 10.3. The smallest absolute Gasteiger partial charge is 0.0431 e. The lowest BCUT2D eigenvalue weighted by Gasteiger charge is -2.11. The predicted octanol–water partition coefficient (Wildman–Crippen LogP) is 4.63. The minimum absolute atomic E-state index is 0.0989. The molecule has 2 heteroatoms. The van der Waals surface area contributed by atoms with Crippen molar-refractivity contribution in [3.05, 3.63) is 70.1 Å². The van der Waals surface area contributed by atoms with Crippen molar-refractivity contribution in [1.82, 2.24) is 0 Å². The molecule has 1 aromatic heterocycles. The summed E-state index contributed by atoms with van der Waals surface area (Å²) in [5.74, 6) is 0. The molecule has 0 radical (unpaired) electrons. The van der Waals surface area contributed by atoms with Gasteiger partial charge >= 0.3 is 0 Å². The summed E-state index contributed by atoms with van der Waals surface area (Å²) >= 11 is 1.83. The minimum atomic E-state index is 0.0989. The van der Waals surface area contributed by atoms with E-state index in [4.69, 9.17) is 5.73 Å². The Kier molecular flexibility index (Phi) is 3.28. The Morgan fingerprint density at radius 1 is 1.00 bits per heavy atom. The summed E-state index contributed by atoms with van der Waals surface area (Å²) in [5, 5.41) is 1.31. The molecule has 0 saturated carbocycles. The van der Waals surface area contributed by atoms with E-state index in [-0.39, 0.29) is 6.04 Å². The number of hydrogen-bond acceptors (Lipinski definition) is 2. The van der Waals surface area contributed by atoms with Gasteiger partial charge in [-0.1, -0.05) is 36.4 Å². The number of nitrogens with two attached hydrogens (primary N) is 1. The van der Waals surface area contributed by atoms with Crippen molar-refractivity contribution in [2.24, 2.45) is 5.73 Å². The molecule has 2 N–H and O–H groups in total. The van der Waals surface area contributed by atoms with E-state index < -0.39 is 0 Å². The summed E-state index contributed by atoms with van der Waals surface area (Å²) in [5.41, 5.74) is 10.9. The van der Waals surface area contributed by atoms with E-state index in [1.54, 1.807) is 0 Å². The maximum atomic E-state index is 6.45. The molecule has 0 saturated heterocycles. The van der Waals surface area contributed by atoms with Gasteiger partial charge in [0, 0.05) is 15.6 Å². The molecule has 0 fully saturated rings. The van der Waals surface area contributed by atoms with Crippen LogP contribution in [0.4, 0.5) is 0 Å². The first-order valence-electron chi connectivity index (χ1n) is 7.64. The zero-order valence-electron chi connectivity index (χ0n) is 12.0. The third-order valence-corrected chi connectivity index (χ3v) is 5.68. The molecule has 21 heavy (non-hydrogen) atoms. The summed E-state index contributed by atoms with van der Waals surface area (Å²) in [7, 11) is 0. The number of benzene rings is 2. The van der Waals surface area contributed by atoms with Crippen molar-refractivity contribution in [1.29, 1.82) is 0 Å². The summed E-state index contributed by atoms with van der Waals surface area (Å²) in [4.78, 5) is 1.29.